The lowest BCUT2D eigenvalue weighted by molar-refractivity contribution is 0.669. The van der Waals surface area contributed by atoms with E-state index < -0.39 is 0 Å². The van der Waals surface area contributed by atoms with E-state index in [1.165, 1.54) is 60.5 Å². The quantitative estimate of drug-likeness (QED) is 0.215. The minimum absolute atomic E-state index is 0.922. The third kappa shape index (κ3) is 3.48. The first-order valence-electron chi connectivity index (χ1n) is 13.8. The maximum absolute atomic E-state index is 6.16. The highest BCUT2D eigenvalue weighted by molar-refractivity contribution is 6.23. The molecule has 8 rings (SSSR count). The van der Waals surface area contributed by atoms with Gasteiger partial charge in [0.05, 0.1) is 0 Å². The Morgan fingerprint density at radius 2 is 0.950 bits per heavy atom. The van der Waals surface area contributed by atoms with Gasteiger partial charge in [0.1, 0.15) is 11.2 Å². The first-order valence-corrected chi connectivity index (χ1v) is 13.8. The number of furan rings is 1. The molecule has 0 aliphatic rings. The number of rotatable bonds is 3. The third-order valence-electron chi connectivity index (χ3n) is 8.20. The lowest BCUT2D eigenvalue weighted by Gasteiger charge is -2.19. The van der Waals surface area contributed by atoms with Crippen LogP contribution in [0.4, 0.5) is 0 Å². The van der Waals surface area contributed by atoms with Gasteiger partial charge in [-0.25, -0.2) is 0 Å². The Bertz CT molecular complexity index is 2200. The van der Waals surface area contributed by atoms with Crippen molar-refractivity contribution in [2.45, 2.75) is 6.92 Å². The lowest BCUT2D eigenvalue weighted by Crippen LogP contribution is -1.93. The highest BCUT2D eigenvalue weighted by Crippen LogP contribution is 2.46. The molecule has 0 spiro atoms. The molecule has 0 saturated heterocycles. The number of aryl methyl sites for hydroxylation is 1. The number of hydrogen-bond donors (Lipinski definition) is 0. The zero-order valence-electron chi connectivity index (χ0n) is 22.2. The van der Waals surface area contributed by atoms with Gasteiger partial charge in [0.2, 0.25) is 0 Å². The zero-order valence-corrected chi connectivity index (χ0v) is 22.2. The standard InChI is InChI=1S/C39H26O/c1-25-10-9-16-33-37(25)39(29-22-23-36-34(24-29)30-13-7-8-17-35(30)40-36)32-15-6-5-14-31(32)38(33)28-20-18-27(19-21-28)26-11-3-2-4-12-26/h2-24H,1H3. The normalized spacial score (nSPS) is 11.6. The monoisotopic (exact) mass is 510 g/mol. The van der Waals surface area contributed by atoms with Crippen molar-refractivity contribution in [1.29, 1.82) is 0 Å². The Hall–Kier alpha value is -5.14. The Kier molecular flexibility index (Phi) is 5.11. The molecule has 0 radical (unpaired) electrons. The van der Waals surface area contributed by atoms with Crippen LogP contribution in [-0.4, -0.2) is 0 Å². The van der Waals surface area contributed by atoms with Gasteiger partial charge in [-0.2, -0.15) is 0 Å². The SMILES string of the molecule is Cc1cccc2c(-c3ccc(-c4ccccc4)cc3)c3ccccc3c(-c3ccc4oc5ccccc5c4c3)c12. The van der Waals surface area contributed by atoms with Crippen molar-refractivity contribution < 1.29 is 4.42 Å². The lowest BCUT2D eigenvalue weighted by atomic mass is 9.84. The highest BCUT2D eigenvalue weighted by Gasteiger charge is 2.19. The molecule has 1 heterocycles. The fourth-order valence-electron chi connectivity index (χ4n) is 6.36. The minimum atomic E-state index is 0.922. The summed E-state index contributed by atoms with van der Waals surface area (Å²) in [6, 6.07) is 50.1. The van der Waals surface area contributed by atoms with Gasteiger partial charge >= 0.3 is 0 Å². The van der Waals surface area contributed by atoms with Gasteiger partial charge < -0.3 is 4.42 Å². The Morgan fingerprint density at radius 1 is 0.375 bits per heavy atom. The summed E-state index contributed by atoms with van der Waals surface area (Å²) in [5.74, 6) is 0. The number of hydrogen-bond acceptors (Lipinski definition) is 1. The molecule has 7 aromatic carbocycles. The van der Waals surface area contributed by atoms with Crippen LogP contribution in [0.15, 0.2) is 144 Å². The second kappa shape index (κ2) is 8.97. The van der Waals surface area contributed by atoms with E-state index in [-0.39, 0.29) is 0 Å². The van der Waals surface area contributed by atoms with Gasteiger partial charge in [0.25, 0.3) is 0 Å². The van der Waals surface area contributed by atoms with Crippen LogP contribution in [0.2, 0.25) is 0 Å². The number of para-hydroxylation sites is 1. The molecule has 8 aromatic rings. The predicted molar refractivity (Wildman–Crippen MR) is 170 cm³/mol. The van der Waals surface area contributed by atoms with Crippen molar-refractivity contribution >= 4 is 43.5 Å². The van der Waals surface area contributed by atoms with Gasteiger partial charge in [-0.15, -0.1) is 0 Å². The molecule has 0 aliphatic carbocycles. The van der Waals surface area contributed by atoms with Crippen molar-refractivity contribution in [2.24, 2.45) is 0 Å². The van der Waals surface area contributed by atoms with Crippen LogP contribution in [0.1, 0.15) is 5.56 Å². The third-order valence-corrected chi connectivity index (χ3v) is 8.20. The van der Waals surface area contributed by atoms with Crippen LogP contribution in [0, 0.1) is 6.92 Å². The van der Waals surface area contributed by atoms with Crippen LogP contribution in [0.5, 0.6) is 0 Å². The van der Waals surface area contributed by atoms with Crippen LogP contribution in [0.3, 0.4) is 0 Å². The van der Waals surface area contributed by atoms with Crippen LogP contribution in [-0.2, 0) is 0 Å². The molecular formula is C39H26O. The van der Waals surface area contributed by atoms with Crippen LogP contribution >= 0.6 is 0 Å². The molecule has 1 heteroatoms. The molecule has 188 valence electrons. The summed E-state index contributed by atoms with van der Waals surface area (Å²) in [5, 5.41) is 7.41. The fourth-order valence-corrected chi connectivity index (χ4v) is 6.36. The summed E-state index contributed by atoms with van der Waals surface area (Å²) in [5.41, 5.74) is 10.6. The molecule has 0 unspecified atom stereocenters. The molecule has 40 heavy (non-hydrogen) atoms. The van der Waals surface area contributed by atoms with Crippen molar-refractivity contribution in [3.63, 3.8) is 0 Å². The largest absolute Gasteiger partial charge is 0.456 e. The summed E-state index contributed by atoms with van der Waals surface area (Å²) >= 11 is 0. The Labute approximate surface area is 232 Å². The maximum atomic E-state index is 6.16. The number of fused-ring (bicyclic) bond motifs is 5. The van der Waals surface area contributed by atoms with Crippen molar-refractivity contribution in [2.75, 3.05) is 0 Å². The highest BCUT2D eigenvalue weighted by atomic mass is 16.3. The topological polar surface area (TPSA) is 13.1 Å². The van der Waals surface area contributed by atoms with Crippen molar-refractivity contribution in [1.82, 2.24) is 0 Å². The summed E-state index contributed by atoms with van der Waals surface area (Å²) < 4.78 is 6.16. The molecule has 0 saturated carbocycles. The summed E-state index contributed by atoms with van der Waals surface area (Å²) in [6.07, 6.45) is 0. The molecule has 0 amide bonds. The first-order chi connectivity index (χ1) is 19.8. The van der Waals surface area contributed by atoms with E-state index in [1.807, 2.05) is 12.1 Å². The molecule has 0 aliphatic heterocycles. The molecule has 0 N–H and O–H groups in total. The van der Waals surface area contributed by atoms with Crippen LogP contribution < -0.4 is 0 Å². The fraction of sp³-hybridized carbons (Fsp3) is 0.0256. The van der Waals surface area contributed by atoms with Gasteiger partial charge in [-0.3, -0.25) is 0 Å². The number of benzene rings is 7. The minimum Gasteiger partial charge on any atom is -0.456 e. The smallest absolute Gasteiger partial charge is 0.135 e. The second-order valence-corrected chi connectivity index (χ2v) is 10.5. The Balaban J connectivity index is 1.42. The van der Waals surface area contributed by atoms with Gasteiger partial charge in [-0.1, -0.05) is 121 Å². The van der Waals surface area contributed by atoms with Crippen molar-refractivity contribution in [3.8, 4) is 33.4 Å². The van der Waals surface area contributed by atoms with E-state index in [4.69, 9.17) is 4.42 Å². The zero-order chi connectivity index (χ0) is 26.6. The first kappa shape index (κ1) is 22.8. The molecular weight excluding hydrogens is 484 g/mol. The summed E-state index contributed by atoms with van der Waals surface area (Å²) in [7, 11) is 0. The maximum Gasteiger partial charge on any atom is 0.135 e. The molecule has 1 nitrogen and oxygen atoms in total. The van der Waals surface area contributed by atoms with E-state index in [2.05, 4.69) is 134 Å². The second-order valence-electron chi connectivity index (χ2n) is 10.5. The molecule has 0 bridgehead atoms. The van der Waals surface area contributed by atoms with Crippen LogP contribution in [0.25, 0.3) is 76.9 Å². The van der Waals surface area contributed by atoms with Gasteiger partial charge in [0, 0.05) is 10.8 Å². The summed E-state index contributed by atoms with van der Waals surface area (Å²) in [4.78, 5) is 0. The Morgan fingerprint density at radius 3 is 1.75 bits per heavy atom. The molecule has 1 aromatic heterocycles. The average molecular weight is 511 g/mol. The van der Waals surface area contributed by atoms with E-state index in [0.717, 1.165) is 21.9 Å². The molecule has 0 atom stereocenters. The average Bonchev–Trinajstić information content (AvgIpc) is 3.39. The van der Waals surface area contributed by atoms with E-state index in [0.29, 0.717) is 0 Å². The van der Waals surface area contributed by atoms with Crippen molar-refractivity contribution in [3.05, 3.63) is 145 Å². The van der Waals surface area contributed by atoms with Gasteiger partial charge in [0.15, 0.2) is 0 Å². The predicted octanol–water partition coefficient (Wildman–Crippen LogP) is 11.2. The summed E-state index contributed by atoms with van der Waals surface area (Å²) in [6.45, 7) is 2.23. The molecule has 0 fully saturated rings. The van der Waals surface area contributed by atoms with E-state index in [1.54, 1.807) is 0 Å². The van der Waals surface area contributed by atoms with E-state index in [9.17, 15) is 0 Å². The van der Waals surface area contributed by atoms with E-state index >= 15 is 0 Å². The van der Waals surface area contributed by atoms with Gasteiger partial charge in [-0.05, 0) is 85.6 Å².